The number of rotatable bonds is 2. The maximum absolute atomic E-state index is 12.7. The van der Waals surface area contributed by atoms with E-state index in [9.17, 15) is 4.39 Å². The molecule has 0 amide bonds. The highest BCUT2D eigenvalue weighted by Crippen LogP contribution is 2.24. The van der Waals surface area contributed by atoms with Gasteiger partial charge in [0.2, 0.25) is 0 Å². The molecule has 2 unspecified atom stereocenters. The Hall–Kier alpha value is -0.930. The van der Waals surface area contributed by atoms with Gasteiger partial charge in [-0.05, 0) is 43.1 Å². The molecule has 1 aromatic carbocycles. The minimum absolute atomic E-state index is 0.0330. The predicted octanol–water partition coefficient (Wildman–Crippen LogP) is 1.44. The van der Waals surface area contributed by atoms with Crippen molar-refractivity contribution in [2.75, 3.05) is 13.1 Å². The van der Waals surface area contributed by atoms with E-state index in [4.69, 9.17) is 5.73 Å². The average molecular weight is 194 g/mol. The van der Waals surface area contributed by atoms with E-state index in [-0.39, 0.29) is 11.9 Å². The van der Waals surface area contributed by atoms with Gasteiger partial charge in [0.25, 0.3) is 0 Å². The summed E-state index contributed by atoms with van der Waals surface area (Å²) in [5.41, 5.74) is 7.12. The molecule has 14 heavy (non-hydrogen) atoms. The van der Waals surface area contributed by atoms with Crippen molar-refractivity contribution < 1.29 is 4.39 Å². The first-order chi connectivity index (χ1) is 6.77. The van der Waals surface area contributed by atoms with E-state index in [1.54, 1.807) is 12.1 Å². The number of hydrogen-bond acceptors (Lipinski definition) is 2. The van der Waals surface area contributed by atoms with Gasteiger partial charge < -0.3 is 11.1 Å². The molecule has 0 aromatic heterocycles. The Morgan fingerprint density at radius 3 is 2.64 bits per heavy atom. The summed E-state index contributed by atoms with van der Waals surface area (Å²) in [6.07, 6.45) is 1.11. The monoisotopic (exact) mass is 194 g/mol. The molecule has 2 atom stereocenters. The van der Waals surface area contributed by atoms with Gasteiger partial charge >= 0.3 is 0 Å². The fourth-order valence-corrected chi connectivity index (χ4v) is 1.94. The topological polar surface area (TPSA) is 38.0 Å². The van der Waals surface area contributed by atoms with E-state index in [2.05, 4.69) is 5.32 Å². The number of benzene rings is 1. The highest BCUT2D eigenvalue weighted by atomic mass is 19.1. The highest BCUT2D eigenvalue weighted by molar-refractivity contribution is 5.20. The summed E-state index contributed by atoms with van der Waals surface area (Å²) in [5.74, 6) is 0.283. The predicted molar refractivity (Wildman–Crippen MR) is 54.3 cm³/mol. The zero-order valence-corrected chi connectivity index (χ0v) is 8.04. The summed E-state index contributed by atoms with van der Waals surface area (Å²) in [6.45, 7) is 2.01. The van der Waals surface area contributed by atoms with Gasteiger partial charge in [0.15, 0.2) is 0 Å². The third-order valence-electron chi connectivity index (χ3n) is 2.86. The lowest BCUT2D eigenvalue weighted by Crippen LogP contribution is -2.23. The molecule has 0 aliphatic carbocycles. The van der Waals surface area contributed by atoms with Gasteiger partial charge in [-0.15, -0.1) is 0 Å². The summed E-state index contributed by atoms with van der Waals surface area (Å²) >= 11 is 0. The number of nitrogens with one attached hydrogen (secondary N) is 1. The van der Waals surface area contributed by atoms with Crippen LogP contribution < -0.4 is 11.1 Å². The van der Waals surface area contributed by atoms with Crippen LogP contribution in [-0.4, -0.2) is 13.1 Å². The Kier molecular flexibility index (Phi) is 2.79. The Morgan fingerprint density at radius 2 is 2.07 bits per heavy atom. The Bertz CT molecular complexity index is 291. The third-order valence-corrected chi connectivity index (χ3v) is 2.86. The molecule has 3 N–H and O–H groups in total. The molecule has 1 saturated heterocycles. The molecule has 0 bridgehead atoms. The Labute approximate surface area is 83.3 Å². The molecule has 1 heterocycles. The lowest BCUT2D eigenvalue weighted by Gasteiger charge is -2.18. The van der Waals surface area contributed by atoms with Crippen molar-refractivity contribution in [1.82, 2.24) is 5.32 Å². The molecule has 0 radical (unpaired) electrons. The molecule has 0 spiro atoms. The minimum atomic E-state index is -0.203. The summed E-state index contributed by atoms with van der Waals surface area (Å²) in [4.78, 5) is 0. The van der Waals surface area contributed by atoms with Gasteiger partial charge in [-0.25, -0.2) is 4.39 Å². The Morgan fingerprint density at radius 1 is 1.36 bits per heavy atom. The fraction of sp³-hybridized carbons (Fsp3) is 0.455. The van der Waals surface area contributed by atoms with E-state index in [0.29, 0.717) is 5.92 Å². The standard InChI is InChI=1S/C11H15FN2/c12-10-3-1-8(2-4-10)11(13)9-5-6-14-7-9/h1-4,9,11,14H,5-7,13H2. The molecule has 1 aliphatic rings. The van der Waals surface area contributed by atoms with Crippen molar-refractivity contribution in [2.45, 2.75) is 12.5 Å². The fourth-order valence-electron chi connectivity index (χ4n) is 1.94. The first-order valence-electron chi connectivity index (χ1n) is 4.99. The molecule has 2 nitrogen and oxygen atoms in total. The quantitative estimate of drug-likeness (QED) is 0.747. The molecule has 3 heteroatoms. The normalized spacial score (nSPS) is 23.7. The maximum Gasteiger partial charge on any atom is 0.123 e. The van der Waals surface area contributed by atoms with E-state index in [1.807, 2.05) is 0 Å². The largest absolute Gasteiger partial charge is 0.324 e. The summed E-state index contributed by atoms with van der Waals surface area (Å²) in [5, 5.41) is 3.28. The Balaban J connectivity index is 2.09. The lowest BCUT2D eigenvalue weighted by atomic mass is 9.93. The molecular formula is C11H15FN2. The van der Waals surface area contributed by atoms with Crippen LogP contribution in [-0.2, 0) is 0 Å². The molecular weight excluding hydrogens is 179 g/mol. The zero-order valence-electron chi connectivity index (χ0n) is 8.04. The van der Waals surface area contributed by atoms with Gasteiger partial charge in [-0.3, -0.25) is 0 Å². The van der Waals surface area contributed by atoms with Crippen LogP contribution in [0.1, 0.15) is 18.0 Å². The second-order valence-electron chi connectivity index (χ2n) is 3.83. The molecule has 1 fully saturated rings. The van der Waals surface area contributed by atoms with Gasteiger partial charge in [-0.2, -0.15) is 0 Å². The van der Waals surface area contributed by atoms with Gasteiger partial charge in [-0.1, -0.05) is 12.1 Å². The second kappa shape index (κ2) is 4.07. The van der Waals surface area contributed by atoms with Crippen LogP contribution in [0, 0.1) is 11.7 Å². The molecule has 76 valence electrons. The van der Waals surface area contributed by atoms with E-state index >= 15 is 0 Å². The lowest BCUT2D eigenvalue weighted by molar-refractivity contribution is 0.469. The number of hydrogen-bond donors (Lipinski definition) is 2. The third kappa shape index (κ3) is 1.94. The van der Waals surface area contributed by atoms with Gasteiger partial charge in [0.1, 0.15) is 5.82 Å². The minimum Gasteiger partial charge on any atom is -0.324 e. The molecule has 1 aromatic rings. The average Bonchev–Trinajstić information content (AvgIpc) is 2.71. The van der Waals surface area contributed by atoms with E-state index in [1.165, 1.54) is 12.1 Å². The van der Waals surface area contributed by atoms with Crippen LogP contribution in [0.5, 0.6) is 0 Å². The summed E-state index contributed by atoms with van der Waals surface area (Å²) < 4.78 is 12.7. The van der Waals surface area contributed by atoms with Crippen molar-refractivity contribution in [3.05, 3.63) is 35.6 Å². The molecule has 2 rings (SSSR count). The van der Waals surface area contributed by atoms with Crippen LogP contribution in [0.4, 0.5) is 4.39 Å². The van der Waals surface area contributed by atoms with Crippen molar-refractivity contribution >= 4 is 0 Å². The van der Waals surface area contributed by atoms with E-state index < -0.39 is 0 Å². The highest BCUT2D eigenvalue weighted by Gasteiger charge is 2.22. The van der Waals surface area contributed by atoms with Crippen LogP contribution in [0.25, 0.3) is 0 Å². The van der Waals surface area contributed by atoms with E-state index in [0.717, 1.165) is 25.1 Å². The molecule has 1 aliphatic heterocycles. The zero-order chi connectivity index (χ0) is 9.97. The maximum atomic E-state index is 12.7. The second-order valence-corrected chi connectivity index (χ2v) is 3.83. The van der Waals surface area contributed by atoms with Crippen LogP contribution >= 0.6 is 0 Å². The summed E-state index contributed by atoms with van der Waals surface area (Å²) in [7, 11) is 0. The number of nitrogens with two attached hydrogens (primary N) is 1. The van der Waals surface area contributed by atoms with Crippen molar-refractivity contribution in [3.63, 3.8) is 0 Å². The van der Waals surface area contributed by atoms with Crippen LogP contribution in [0.3, 0.4) is 0 Å². The molecule has 0 saturated carbocycles. The van der Waals surface area contributed by atoms with Crippen molar-refractivity contribution in [1.29, 1.82) is 0 Å². The smallest absolute Gasteiger partial charge is 0.123 e. The van der Waals surface area contributed by atoms with Crippen LogP contribution in [0.15, 0.2) is 24.3 Å². The van der Waals surface area contributed by atoms with Crippen LogP contribution in [0.2, 0.25) is 0 Å². The van der Waals surface area contributed by atoms with Gasteiger partial charge in [0, 0.05) is 6.04 Å². The SMILES string of the molecule is NC(c1ccc(F)cc1)C1CCNC1. The first-order valence-corrected chi connectivity index (χ1v) is 4.99. The van der Waals surface area contributed by atoms with Gasteiger partial charge in [0.05, 0.1) is 0 Å². The number of halogens is 1. The first kappa shape index (κ1) is 9.62. The van der Waals surface area contributed by atoms with Crippen molar-refractivity contribution in [3.8, 4) is 0 Å². The van der Waals surface area contributed by atoms with Crippen molar-refractivity contribution in [2.24, 2.45) is 11.7 Å². The summed E-state index contributed by atoms with van der Waals surface area (Å²) in [6, 6.07) is 6.52.